The van der Waals surface area contributed by atoms with E-state index in [9.17, 15) is 4.79 Å². The number of carbonyl (C=O) groups is 1. The summed E-state index contributed by atoms with van der Waals surface area (Å²) in [6.07, 6.45) is 24.5. The number of unbranched alkanes of at least 4 members (excludes halogenated alkanes) is 13. The average Bonchev–Trinajstić information content (AvgIpc) is 3.71. The Bertz CT molecular complexity index is 462. The Balaban J connectivity index is 1.40. The molecule has 4 unspecified atom stereocenters. The Hall–Kier alpha value is -0.610. The maximum atomic E-state index is 11.9. The van der Waals surface area contributed by atoms with Gasteiger partial charge in [0, 0.05) is 12.3 Å². The quantitative estimate of drug-likeness (QED) is 0.0902. The molecular weight excluding hydrogens is 400 g/mol. The van der Waals surface area contributed by atoms with Crippen LogP contribution in [-0.2, 0) is 19.0 Å². The van der Waals surface area contributed by atoms with Gasteiger partial charge in [0.2, 0.25) is 0 Å². The molecule has 0 spiro atoms. The molecule has 0 N–H and O–H groups in total. The second kappa shape index (κ2) is 17.8. The number of rotatable bonds is 23. The molecule has 2 heterocycles. The summed E-state index contributed by atoms with van der Waals surface area (Å²) >= 11 is 0. The summed E-state index contributed by atoms with van der Waals surface area (Å²) in [5.41, 5.74) is 0. The van der Waals surface area contributed by atoms with E-state index in [0.29, 0.717) is 37.3 Å². The standard InChI is InChI=1S/C28H52O4/c1-3-5-7-9-11-16-20-25-28(32-25)24(26-23-31-26)19-15-12-13-17-21-27(29)30-22-18-14-10-8-6-4-2/h24-26,28H,3-23H2,1-2H3. The average molecular weight is 453 g/mol. The molecule has 2 aliphatic rings. The number of hydrogen-bond acceptors (Lipinski definition) is 4. The zero-order valence-electron chi connectivity index (χ0n) is 21.3. The number of hydrogen-bond donors (Lipinski definition) is 0. The van der Waals surface area contributed by atoms with E-state index in [1.165, 1.54) is 96.3 Å². The lowest BCUT2D eigenvalue weighted by Crippen LogP contribution is -2.17. The van der Waals surface area contributed by atoms with Gasteiger partial charge in [0.25, 0.3) is 0 Å². The molecule has 0 radical (unpaired) electrons. The van der Waals surface area contributed by atoms with Gasteiger partial charge in [-0.1, -0.05) is 104 Å². The van der Waals surface area contributed by atoms with E-state index in [2.05, 4.69) is 13.8 Å². The summed E-state index contributed by atoms with van der Waals surface area (Å²) in [5, 5.41) is 0. The van der Waals surface area contributed by atoms with Crippen LogP contribution in [0.25, 0.3) is 0 Å². The highest BCUT2D eigenvalue weighted by molar-refractivity contribution is 5.69. The number of ether oxygens (including phenoxy) is 3. The summed E-state index contributed by atoms with van der Waals surface area (Å²) in [4.78, 5) is 11.9. The van der Waals surface area contributed by atoms with Crippen molar-refractivity contribution in [3.63, 3.8) is 0 Å². The van der Waals surface area contributed by atoms with Crippen LogP contribution >= 0.6 is 0 Å². The molecule has 0 bridgehead atoms. The van der Waals surface area contributed by atoms with E-state index >= 15 is 0 Å². The predicted molar refractivity (Wildman–Crippen MR) is 132 cm³/mol. The largest absolute Gasteiger partial charge is 0.466 e. The van der Waals surface area contributed by atoms with Crippen LogP contribution in [-0.4, -0.2) is 37.5 Å². The fourth-order valence-electron chi connectivity index (χ4n) is 4.90. The lowest BCUT2D eigenvalue weighted by atomic mass is 9.91. The smallest absolute Gasteiger partial charge is 0.305 e. The molecule has 0 aliphatic carbocycles. The zero-order valence-corrected chi connectivity index (χ0v) is 21.3. The highest BCUT2D eigenvalue weighted by atomic mass is 16.6. The van der Waals surface area contributed by atoms with E-state index < -0.39 is 0 Å². The topological polar surface area (TPSA) is 51.4 Å². The van der Waals surface area contributed by atoms with Crippen molar-refractivity contribution < 1.29 is 19.0 Å². The van der Waals surface area contributed by atoms with Gasteiger partial charge in [-0.15, -0.1) is 0 Å². The molecule has 2 rings (SSSR count). The van der Waals surface area contributed by atoms with Crippen molar-refractivity contribution in [3.05, 3.63) is 0 Å². The summed E-state index contributed by atoms with van der Waals surface area (Å²) in [5.74, 6) is 0.592. The van der Waals surface area contributed by atoms with Gasteiger partial charge >= 0.3 is 5.97 Å². The van der Waals surface area contributed by atoms with Gasteiger partial charge in [-0.25, -0.2) is 0 Å². The summed E-state index contributed by atoms with van der Waals surface area (Å²) in [6, 6.07) is 0. The van der Waals surface area contributed by atoms with Crippen molar-refractivity contribution in [2.24, 2.45) is 5.92 Å². The first-order valence-corrected chi connectivity index (χ1v) is 14.2. The third kappa shape index (κ3) is 13.2. The predicted octanol–water partition coefficient (Wildman–Crippen LogP) is 7.76. The number of esters is 1. The van der Waals surface area contributed by atoms with Crippen LogP contribution in [0.3, 0.4) is 0 Å². The SMILES string of the molecule is CCCCCCCCOC(=O)CCCCCCC(C1CO1)C1OC1CCCCCCCC. The van der Waals surface area contributed by atoms with Crippen LogP contribution < -0.4 is 0 Å². The van der Waals surface area contributed by atoms with Crippen molar-refractivity contribution in [1.29, 1.82) is 0 Å². The van der Waals surface area contributed by atoms with Crippen LogP contribution in [0, 0.1) is 5.92 Å². The van der Waals surface area contributed by atoms with E-state index in [1.807, 2.05) is 0 Å². The van der Waals surface area contributed by atoms with Crippen LogP contribution in [0.1, 0.15) is 136 Å². The lowest BCUT2D eigenvalue weighted by molar-refractivity contribution is -0.143. The highest BCUT2D eigenvalue weighted by Gasteiger charge is 2.50. The molecule has 0 aromatic carbocycles. The Morgan fingerprint density at radius 2 is 1.41 bits per heavy atom. The minimum absolute atomic E-state index is 0.00766. The minimum Gasteiger partial charge on any atom is -0.466 e. The van der Waals surface area contributed by atoms with E-state index in [-0.39, 0.29) is 5.97 Å². The fraction of sp³-hybridized carbons (Fsp3) is 0.964. The van der Waals surface area contributed by atoms with Crippen molar-refractivity contribution in [1.82, 2.24) is 0 Å². The fourth-order valence-corrected chi connectivity index (χ4v) is 4.90. The Morgan fingerprint density at radius 3 is 2.09 bits per heavy atom. The molecule has 2 saturated heterocycles. The first-order chi connectivity index (χ1) is 15.8. The van der Waals surface area contributed by atoms with Gasteiger partial charge in [0.1, 0.15) is 0 Å². The maximum absolute atomic E-state index is 11.9. The molecule has 4 nitrogen and oxygen atoms in total. The molecule has 0 saturated carbocycles. The molecule has 0 amide bonds. The molecule has 188 valence electrons. The Morgan fingerprint density at radius 1 is 0.812 bits per heavy atom. The normalized spacial score (nSPS) is 22.6. The van der Waals surface area contributed by atoms with Crippen LogP contribution in [0.5, 0.6) is 0 Å². The Labute approximate surface area is 198 Å². The highest BCUT2D eigenvalue weighted by Crippen LogP contribution is 2.41. The third-order valence-electron chi connectivity index (χ3n) is 7.15. The zero-order chi connectivity index (χ0) is 22.9. The lowest BCUT2D eigenvalue weighted by Gasteiger charge is -2.12. The second-order valence-electron chi connectivity index (χ2n) is 10.2. The molecule has 4 heteroatoms. The first-order valence-electron chi connectivity index (χ1n) is 14.2. The molecule has 0 aromatic heterocycles. The van der Waals surface area contributed by atoms with Gasteiger partial charge in [-0.05, 0) is 25.7 Å². The van der Waals surface area contributed by atoms with E-state index in [0.717, 1.165) is 25.9 Å². The summed E-state index contributed by atoms with van der Waals surface area (Å²) in [6.45, 7) is 6.04. The van der Waals surface area contributed by atoms with Crippen LogP contribution in [0.4, 0.5) is 0 Å². The van der Waals surface area contributed by atoms with Gasteiger partial charge < -0.3 is 14.2 Å². The van der Waals surface area contributed by atoms with E-state index in [1.54, 1.807) is 0 Å². The van der Waals surface area contributed by atoms with Crippen molar-refractivity contribution in [2.45, 2.75) is 154 Å². The molecule has 2 fully saturated rings. The molecular formula is C28H52O4. The monoisotopic (exact) mass is 452 g/mol. The van der Waals surface area contributed by atoms with E-state index in [4.69, 9.17) is 14.2 Å². The van der Waals surface area contributed by atoms with Crippen molar-refractivity contribution >= 4 is 5.97 Å². The molecule has 2 aliphatic heterocycles. The maximum Gasteiger partial charge on any atom is 0.305 e. The minimum atomic E-state index is -0.00766. The summed E-state index contributed by atoms with van der Waals surface area (Å²) in [7, 11) is 0. The second-order valence-corrected chi connectivity index (χ2v) is 10.2. The van der Waals surface area contributed by atoms with Gasteiger partial charge in [0.15, 0.2) is 0 Å². The third-order valence-corrected chi connectivity index (χ3v) is 7.15. The van der Waals surface area contributed by atoms with Crippen LogP contribution in [0.2, 0.25) is 0 Å². The van der Waals surface area contributed by atoms with Gasteiger partial charge in [-0.3, -0.25) is 4.79 Å². The van der Waals surface area contributed by atoms with Crippen molar-refractivity contribution in [3.8, 4) is 0 Å². The van der Waals surface area contributed by atoms with Gasteiger partial charge in [0.05, 0.1) is 31.5 Å². The van der Waals surface area contributed by atoms with Crippen molar-refractivity contribution in [2.75, 3.05) is 13.2 Å². The molecule has 4 atom stereocenters. The van der Waals surface area contributed by atoms with Crippen LogP contribution in [0.15, 0.2) is 0 Å². The Kier molecular flexibility index (Phi) is 15.4. The first kappa shape index (κ1) is 27.6. The van der Waals surface area contributed by atoms with Gasteiger partial charge in [-0.2, -0.15) is 0 Å². The summed E-state index contributed by atoms with van der Waals surface area (Å²) < 4.78 is 17.1. The number of carbonyl (C=O) groups excluding carboxylic acids is 1. The number of epoxide rings is 2. The molecule has 0 aromatic rings. The molecule has 32 heavy (non-hydrogen) atoms.